The van der Waals surface area contributed by atoms with Crippen LogP contribution in [-0.2, 0) is 14.8 Å². The summed E-state index contributed by atoms with van der Waals surface area (Å²) in [5, 5.41) is 0. The summed E-state index contributed by atoms with van der Waals surface area (Å²) in [6.45, 7) is 5.10. The van der Waals surface area contributed by atoms with E-state index in [0.717, 1.165) is 36.5 Å². The Morgan fingerprint density at radius 1 is 0.906 bits per heavy atom. The first-order chi connectivity index (χ1) is 15.4. The van der Waals surface area contributed by atoms with E-state index < -0.39 is 16.1 Å². The molecule has 0 aliphatic carbocycles. The van der Waals surface area contributed by atoms with E-state index in [1.54, 1.807) is 31.4 Å². The number of anilines is 1. The second kappa shape index (κ2) is 9.50. The van der Waals surface area contributed by atoms with Gasteiger partial charge in [0, 0.05) is 38.4 Å². The van der Waals surface area contributed by atoms with Crippen LogP contribution in [0.2, 0.25) is 0 Å². The molecule has 0 spiro atoms. The summed E-state index contributed by atoms with van der Waals surface area (Å²) in [5.74, 6) is 0.742. The van der Waals surface area contributed by atoms with E-state index >= 15 is 0 Å². The highest BCUT2D eigenvalue weighted by atomic mass is 32.2. The summed E-state index contributed by atoms with van der Waals surface area (Å²) in [6, 6.07) is 14.2. The number of methoxy groups -OCH3 is 1. The molecular formula is C24H31N3O4S. The molecule has 172 valence electrons. The van der Waals surface area contributed by atoms with Gasteiger partial charge in [-0.25, -0.2) is 8.42 Å². The molecule has 8 heteroatoms. The summed E-state index contributed by atoms with van der Waals surface area (Å²) < 4.78 is 33.1. The lowest BCUT2D eigenvalue weighted by molar-refractivity contribution is -0.134. The molecule has 4 rings (SSSR count). The molecule has 2 fully saturated rings. The van der Waals surface area contributed by atoms with E-state index in [0.29, 0.717) is 32.5 Å². The lowest BCUT2D eigenvalue weighted by atomic mass is 10.2. The Morgan fingerprint density at radius 2 is 1.62 bits per heavy atom. The maximum atomic E-state index is 13.4. The van der Waals surface area contributed by atoms with Gasteiger partial charge in [-0.15, -0.1) is 0 Å². The number of aryl methyl sites for hydroxylation is 1. The van der Waals surface area contributed by atoms with Gasteiger partial charge >= 0.3 is 0 Å². The van der Waals surface area contributed by atoms with Crippen LogP contribution in [0, 0.1) is 6.92 Å². The topological polar surface area (TPSA) is 70.2 Å². The van der Waals surface area contributed by atoms with Crippen LogP contribution in [-0.4, -0.2) is 69.4 Å². The first kappa shape index (κ1) is 22.6. The van der Waals surface area contributed by atoms with Gasteiger partial charge < -0.3 is 14.5 Å². The molecule has 2 aliphatic heterocycles. The largest absolute Gasteiger partial charge is 0.497 e. The Kier molecular flexibility index (Phi) is 6.71. The van der Waals surface area contributed by atoms with Crippen LogP contribution in [0.25, 0.3) is 0 Å². The highest BCUT2D eigenvalue weighted by Gasteiger charge is 2.41. The third-order valence-electron chi connectivity index (χ3n) is 6.36. The molecule has 2 aromatic carbocycles. The van der Waals surface area contributed by atoms with Crippen LogP contribution >= 0.6 is 0 Å². The van der Waals surface area contributed by atoms with Crippen molar-refractivity contribution in [3.63, 3.8) is 0 Å². The molecule has 7 nitrogen and oxygen atoms in total. The van der Waals surface area contributed by atoms with Crippen molar-refractivity contribution in [2.45, 2.75) is 37.1 Å². The van der Waals surface area contributed by atoms with Gasteiger partial charge in [0.05, 0.1) is 12.0 Å². The van der Waals surface area contributed by atoms with Crippen molar-refractivity contribution < 1.29 is 17.9 Å². The van der Waals surface area contributed by atoms with Gasteiger partial charge in [0.25, 0.3) is 0 Å². The molecule has 0 N–H and O–H groups in total. The summed E-state index contributed by atoms with van der Waals surface area (Å²) in [7, 11) is -2.05. The number of rotatable bonds is 5. The minimum Gasteiger partial charge on any atom is -0.497 e. The van der Waals surface area contributed by atoms with Gasteiger partial charge in [-0.05, 0) is 62.6 Å². The minimum atomic E-state index is -3.69. The molecule has 0 unspecified atom stereocenters. The molecule has 2 heterocycles. The maximum Gasteiger partial charge on any atom is 0.243 e. The van der Waals surface area contributed by atoms with Crippen molar-refractivity contribution in [1.82, 2.24) is 9.21 Å². The highest BCUT2D eigenvalue weighted by Crippen LogP contribution is 2.28. The monoisotopic (exact) mass is 457 g/mol. The van der Waals surface area contributed by atoms with Crippen molar-refractivity contribution in [3.8, 4) is 5.75 Å². The zero-order valence-electron chi connectivity index (χ0n) is 18.7. The normalized spacial score (nSPS) is 20.2. The Labute approximate surface area is 190 Å². The quantitative estimate of drug-likeness (QED) is 0.691. The fraction of sp³-hybridized carbons (Fsp3) is 0.458. The molecule has 0 aromatic heterocycles. The van der Waals surface area contributed by atoms with Crippen LogP contribution in [0.3, 0.4) is 0 Å². The minimum absolute atomic E-state index is 0.0743. The van der Waals surface area contributed by atoms with E-state index in [-0.39, 0.29) is 10.8 Å². The molecule has 0 radical (unpaired) electrons. The number of benzene rings is 2. The predicted octanol–water partition coefficient (Wildman–Crippen LogP) is 2.90. The van der Waals surface area contributed by atoms with Crippen LogP contribution in [0.1, 0.15) is 24.8 Å². The first-order valence-corrected chi connectivity index (χ1v) is 12.6. The zero-order valence-corrected chi connectivity index (χ0v) is 19.6. The van der Waals surface area contributed by atoms with E-state index in [1.165, 1.54) is 4.31 Å². The SMILES string of the molecule is COc1ccc(N2CCCN(C(=O)[C@@H]3CCCN3S(=O)(=O)c3ccc(C)cc3)CC2)cc1. The molecule has 2 saturated heterocycles. The lowest BCUT2D eigenvalue weighted by Crippen LogP contribution is -2.48. The third-order valence-corrected chi connectivity index (χ3v) is 8.28. The van der Waals surface area contributed by atoms with Crippen molar-refractivity contribution in [1.29, 1.82) is 0 Å². The summed E-state index contributed by atoms with van der Waals surface area (Å²) >= 11 is 0. The number of hydrogen-bond acceptors (Lipinski definition) is 5. The number of carbonyl (C=O) groups is 1. The van der Waals surface area contributed by atoms with Gasteiger partial charge in [-0.2, -0.15) is 4.31 Å². The zero-order chi connectivity index (χ0) is 22.7. The Morgan fingerprint density at radius 3 is 2.31 bits per heavy atom. The van der Waals surface area contributed by atoms with Crippen molar-refractivity contribution in [2.24, 2.45) is 0 Å². The van der Waals surface area contributed by atoms with Crippen molar-refractivity contribution in [2.75, 3.05) is 44.7 Å². The fourth-order valence-electron chi connectivity index (χ4n) is 4.52. The number of carbonyl (C=O) groups excluding carboxylic acids is 1. The smallest absolute Gasteiger partial charge is 0.243 e. The molecule has 2 aromatic rings. The molecule has 1 amide bonds. The molecule has 0 bridgehead atoms. The van der Waals surface area contributed by atoms with Crippen LogP contribution in [0.4, 0.5) is 5.69 Å². The van der Waals surface area contributed by atoms with Gasteiger partial charge in [0.15, 0.2) is 0 Å². The van der Waals surface area contributed by atoms with Crippen LogP contribution in [0.5, 0.6) is 5.75 Å². The van der Waals surface area contributed by atoms with Gasteiger partial charge in [0.2, 0.25) is 15.9 Å². The number of nitrogens with zero attached hydrogens (tertiary/aromatic N) is 3. The summed E-state index contributed by atoms with van der Waals surface area (Å²) in [6.07, 6.45) is 2.12. The highest BCUT2D eigenvalue weighted by molar-refractivity contribution is 7.89. The number of amides is 1. The van der Waals surface area contributed by atoms with E-state index in [1.807, 2.05) is 36.1 Å². The standard InChI is InChI=1S/C24H31N3O4S/c1-19-6-12-22(13-7-19)32(29,30)27-16-3-5-23(27)24(28)26-15-4-14-25(17-18-26)20-8-10-21(31-2)11-9-20/h6-13,23H,3-5,14-18H2,1-2H3/t23-/m0/s1. The average Bonchev–Trinajstić information content (AvgIpc) is 3.18. The van der Waals surface area contributed by atoms with Gasteiger partial charge in [-0.1, -0.05) is 17.7 Å². The number of sulfonamides is 1. The van der Waals surface area contributed by atoms with E-state index in [9.17, 15) is 13.2 Å². The number of hydrogen-bond donors (Lipinski definition) is 0. The summed E-state index contributed by atoms with van der Waals surface area (Å²) in [4.78, 5) is 17.8. The van der Waals surface area contributed by atoms with Gasteiger partial charge in [0.1, 0.15) is 11.8 Å². The predicted molar refractivity (Wildman–Crippen MR) is 124 cm³/mol. The Hall–Kier alpha value is -2.58. The average molecular weight is 458 g/mol. The second-order valence-corrected chi connectivity index (χ2v) is 10.3. The Bertz CT molecular complexity index is 1040. The lowest BCUT2D eigenvalue weighted by Gasteiger charge is -2.29. The van der Waals surface area contributed by atoms with Crippen molar-refractivity contribution in [3.05, 3.63) is 54.1 Å². The fourth-order valence-corrected chi connectivity index (χ4v) is 6.17. The number of ether oxygens (including phenoxy) is 1. The summed E-state index contributed by atoms with van der Waals surface area (Å²) in [5.41, 5.74) is 2.11. The van der Waals surface area contributed by atoms with Crippen LogP contribution in [0.15, 0.2) is 53.4 Å². The van der Waals surface area contributed by atoms with Crippen molar-refractivity contribution >= 4 is 21.6 Å². The Balaban J connectivity index is 1.45. The molecule has 1 atom stereocenters. The van der Waals surface area contributed by atoms with E-state index in [4.69, 9.17) is 4.74 Å². The van der Waals surface area contributed by atoms with Gasteiger partial charge in [-0.3, -0.25) is 4.79 Å². The molecule has 32 heavy (non-hydrogen) atoms. The second-order valence-electron chi connectivity index (χ2n) is 8.45. The maximum absolute atomic E-state index is 13.4. The first-order valence-electron chi connectivity index (χ1n) is 11.2. The molecular weight excluding hydrogens is 426 g/mol. The third kappa shape index (κ3) is 4.61. The van der Waals surface area contributed by atoms with E-state index in [2.05, 4.69) is 4.90 Å². The van der Waals surface area contributed by atoms with Crippen LogP contribution < -0.4 is 9.64 Å². The molecule has 2 aliphatic rings. The molecule has 0 saturated carbocycles.